The number of carbonyl (C=O) groups is 1. The van der Waals surface area contributed by atoms with E-state index in [0.29, 0.717) is 27.4 Å². The molecule has 0 aliphatic heterocycles. The lowest BCUT2D eigenvalue weighted by Crippen LogP contribution is -2.16. The predicted molar refractivity (Wildman–Crippen MR) is 106 cm³/mol. The first-order valence-corrected chi connectivity index (χ1v) is 8.63. The van der Waals surface area contributed by atoms with Gasteiger partial charge in [0.1, 0.15) is 5.69 Å². The van der Waals surface area contributed by atoms with E-state index >= 15 is 0 Å². The van der Waals surface area contributed by atoms with Gasteiger partial charge in [-0.3, -0.25) is 4.79 Å². The van der Waals surface area contributed by atoms with Crippen molar-refractivity contribution in [2.75, 3.05) is 10.6 Å². The third-order valence-corrected chi connectivity index (χ3v) is 4.21. The van der Waals surface area contributed by atoms with Crippen molar-refractivity contribution in [2.24, 2.45) is 0 Å². The van der Waals surface area contributed by atoms with E-state index in [1.807, 2.05) is 31.2 Å². The van der Waals surface area contributed by atoms with Crippen LogP contribution < -0.4 is 10.6 Å². The summed E-state index contributed by atoms with van der Waals surface area (Å²) < 4.78 is 0. The van der Waals surface area contributed by atoms with Crippen molar-refractivity contribution in [3.8, 4) is 0 Å². The number of para-hydroxylation sites is 1. The number of hydrogen-bond donors (Lipinski definition) is 2. The van der Waals surface area contributed by atoms with E-state index < -0.39 is 0 Å². The minimum atomic E-state index is -0.382. The highest BCUT2D eigenvalue weighted by Gasteiger charge is 2.13. The third-order valence-electron chi connectivity index (χ3n) is 3.66. The number of aromatic nitrogens is 2. The molecule has 0 fully saturated rings. The van der Waals surface area contributed by atoms with Gasteiger partial charge in [-0.2, -0.15) is 0 Å². The molecule has 0 unspecified atom stereocenters. The van der Waals surface area contributed by atoms with Crippen LogP contribution in [0.5, 0.6) is 0 Å². The molecule has 0 bridgehead atoms. The number of rotatable bonds is 4. The smallest absolute Gasteiger partial charge is 0.274 e. The van der Waals surface area contributed by atoms with Crippen molar-refractivity contribution in [1.29, 1.82) is 0 Å². The van der Waals surface area contributed by atoms with Crippen LogP contribution in [0.25, 0.3) is 0 Å². The molecule has 0 aliphatic carbocycles. The fraction of sp³-hybridized carbons (Fsp3) is 0.105. The van der Waals surface area contributed by atoms with Gasteiger partial charge in [0.25, 0.3) is 5.91 Å². The Morgan fingerprint density at radius 1 is 0.962 bits per heavy atom. The Hall–Kier alpha value is -2.63. The van der Waals surface area contributed by atoms with Crippen LogP contribution in [-0.4, -0.2) is 15.9 Å². The molecular formula is C19H16Cl2N4O. The van der Waals surface area contributed by atoms with Crippen molar-refractivity contribution in [2.45, 2.75) is 13.8 Å². The first-order valence-electron chi connectivity index (χ1n) is 7.87. The monoisotopic (exact) mass is 386 g/mol. The lowest BCUT2D eigenvalue weighted by Gasteiger charge is -2.11. The largest absolute Gasteiger partial charge is 0.324 e. The summed E-state index contributed by atoms with van der Waals surface area (Å²) in [4.78, 5) is 21.2. The fourth-order valence-electron chi connectivity index (χ4n) is 2.35. The average molecular weight is 387 g/mol. The molecule has 0 aliphatic rings. The Kier molecular flexibility index (Phi) is 5.40. The highest BCUT2D eigenvalue weighted by atomic mass is 35.5. The molecule has 1 aromatic heterocycles. The van der Waals surface area contributed by atoms with Crippen LogP contribution in [-0.2, 0) is 0 Å². The van der Waals surface area contributed by atoms with E-state index in [1.54, 1.807) is 31.2 Å². The summed E-state index contributed by atoms with van der Waals surface area (Å²) in [7, 11) is 0. The van der Waals surface area contributed by atoms with Crippen molar-refractivity contribution in [3.05, 3.63) is 75.5 Å². The number of nitrogens with one attached hydrogen (secondary N) is 2. The molecule has 0 radical (unpaired) electrons. The molecule has 1 heterocycles. The first kappa shape index (κ1) is 18.2. The normalized spacial score (nSPS) is 10.5. The van der Waals surface area contributed by atoms with Crippen LogP contribution in [0.3, 0.4) is 0 Å². The van der Waals surface area contributed by atoms with Gasteiger partial charge in [0, 0.05) is 16.4 Å². The maximum Gasteiger partial charge on any atom is 0.274 e. The molecule has 1 amide bonds. The zero-order chi connectivity index (χ0) is 18.7. The van der Waals surface area contributed by atoms with E-state index in [1.165, 1.54) is 0 Å². The molecule has 7 heteroatoms. The third kappa shape index (κ3) is 4.31. The Balaban J connectivity index is 1.85. The van der Waals surface area contributed by atoms with Gasteiger partial charge in [0.15, 0.2) is 0 Å². The summed E-state index contributed by atoms with van der Waals surface area (Å²) in [5.41, 5.74) is 3.30. The van der Waals surface area contributed by atoms with Gasteiger partial charge >= 0.3 is 0 Å². The summed E-state index contributed by atoms with van der Waals surface area (Å²) in [5, 5.41) is 6.73. The van der Waals surface area contributed by atoms with Gasteiger partial charge in [-0.05, 0) is 49.7 Å². The van der Waals surface area contributed by atoms with Crippen LogP contribution in [0.4, 0.5) is 17.3 Å². The Morgan fingerprint density at radius 2 is 1.73 bits per heavy atom. The second-order valence-electron chi connectivity index (χ2n) is 5.74. The molecular weight excluding hydrogens is 371 g/mol. The number of nitrogens with zero attached hydrogens (tertiary/aromatic N) is 2. The van der Waals surface area contributed by atoms with Crippen molar-refractivity contribution in [1.82, 2.24) is 9.97 Å². The minimum absolute atomic E-state index is 0.236. The fourth-order valence-corrected chi connectivity index (χ4v) is 2.81. The SMILES string of the molecule is Cc1cc(C(=O)Nc2ccc(Cl)cc2Cl)nc(Nc2ccccc2C)n1. The van der Waals surface area contributed by atoms with Crippen LogP contribution in [0, 0.1) is 13.8 Å². The molecule has 3 aromatic rings. The molecule has 0 saturated carbocycles. The van der Waals surface area contributed by atoms with E-state index in [2.05, 4.69) is 20.6 Å². The number of benzene rings is 2. The van der Waals surface area contributed by atoms with Crippen molar-refractivity contribution >= 4 is 46.4 Å². The molecule has 3 rings (SSSR count). The number of halogens is 2. The summed E-state index contributed by atoms with van der Waals surface area (Å²) in [6, 6.07) is 14.2. The summed E-state index contributed by atoms with van der Waals surface area (Å²) in [6.07, 6.45) is 0. The molecule has 132 valence electrons. The van der Waals surface area contributed by atoms with Gasteiger partial charge in [-0.1, -0.05) is 41.4 Å². The Bertz CT molecular complexity index is 976. The highest BCUT2D eigenvalue weighted by molar-refractivity contribution is 6.36. The first-order chi connectivity index (χ1) is 12.4. The van der Waals surface area contributed by atoms with Crippen molar-refractivity contribution < 1.29 is 4.79 Å². The van der Waals surface area contributed by atoms with Crippen molar-refractivity contribution in [3.63, 3.8) is 0 Å². The number of amides is 1. The van der Waals surface area contributed by atoms with E-state index in [4.69, 9.17) is 23.2 Å². The van der Waals surface area contributed by atoms with E-state index in [9.17, 15) is 4.79 Å². The molecule has 0 spiro atoms. The lowest BCUT2D eigenvalue weighted by atomic mass is 10.2. The Morgan fingerprint density at radius 3 is 2.46 bits per heavy atom. The molecule has 0 saturated heterocycles. The van der Waals surface area contributed by atoms with Gasteiger partial charge in [0.2, 0.25) is 5.95 Å². The maximum atomic E-state index is 12.6. The van der Waals surface area contributed by atoms with Crippen LogP contribution >= 0.6 is 23.2 Å². The summed E-state index contributed by atoms with van der Waals surface area (Å²) >= 11 is 12.0. The minimum Gasteiger partial charge on any atom is -0.324 e. The average Bonchev–Trinajstić information content (AvgIpc) is 2.59. The zero-order valence-corrected chi connectivity index (χ0v) is 15.7. The number of carbonyl (C=O) groups excluding carboxylic acids is 1. The summed E-state index contributed by atoms with van der Waals surface area (Å²) in [6.45, 7) is 3.78. The maximum absolute atomic E-state index is 12.6. The summed E-state index contributed by atoms with van der Waals surface area (Å²) in [5.74, 6) is -0.0285. The zero-order valence-electron chi connectivity index (χ0n) is 14.2. The highest BCUT2D eigenvalue weighted by Crippen LogP contribution is 2.26. The quantitative estimate of drug-likeness (QED) is 0.629. The number of hydrogen-bond acceptors (Lipinski definition) is 4. The van der Waals surface area contributed by atoms with Gasteiger partial charge in [-0.25, -0.2) is 9.97 Å². The molecule has 2 aromatic carbocycles. The van der Waals surface area contributed by atoms with Crippen LogP contribution in [0.2, 0.25) is 10.0 Å². The van der Waals surface area contributed by atoms with Gasteiger partial charge in [-0.15, -0.1) is 0 Å². The standard InChI is InChI=1S/C19H16Cl2N4O/c1-11-5-3-4-6-15(11)24-19-22-12(2)9-17(25-19)18(26)23-16-8-7-13(20)10-14(16)21/h3-10H,1-2H3,(H,23,26)(H,22,24,25). The second-order valence-corrected chi connectivity index (χ2v) is 6.58. The Labute approximate surface area is 161 Å². The topological polar surface area (TPSA) is 66.9 Å². The van der Waals surface area contributed by atoms with Gasteiger partial charge in [0.05, 0.1) is 10.7 Å². The number of aryl methyl sites for hydroxylation is 2. The predicted octanol–water partition coefficient (Wildman–Crippen LogP) is 5.40. The van der Waals surface area contributed by atoms with Gasteiger partial charge < -0.3 is 10.6 Å². The second kappa shape index (κ2) is 7.72. The molecule has 0 atom stereocenters. The van der Waals surface area contributed by atoms with Crippen LogP contribution in [0.1, 0.15) is 21.7 Å². The molecule has 2 N–H and O–H groups in total. The van der Waals surface area contributed by atoms with Crippen LogP contribution in [0.15, 0.2) is 48.5 Å². The van der Waals surface area contributed by atoms with E-state index in [0.717, 1.165) is 11.3 Å². The lowest BCUT2D eigenvalue weighted by molar-refractivity contribution is 0.102. The molecule has 26 heavy (non-hydrogen) atoms. The molecule has 5 nitrogen and oxygen atoms in total. The number of anilines is 3. The van der Waals surface area contributed by atoms with E-state index in [-0.39, 0.29) is 11.6 Å².